The zero-order chi connectivity index (χ0) is 16.7. The lowest BCUT2D eigenvalue weighted by Crippen LogP contribution is -2.40. The van der Waals surface area contributed by atoms with Crippen LogP contribution in [-0.4, -0.2) is 37.0 Å². The molecule has 1 saturated heterocycles. The molecule has 0 atom stereocenters. The van der Waals surface area contributed by atoms with E-state index in [1.165, 1.54) is 11.1 Å². The van der Waals surface area contributed by atoms with E-state index in [2.05, 4.69) is 55.3 Å². The molecule has 3 nitrogen and oxygen atoms in total. The van der Waals surface area contributed by atoms with Crippen molar-refractivity contribution in [1.82, 2.24) is 10.2 Å². The first-order valence-electron chi connectivity index (χ1n) is 9.17. The van der Waals surface area contributed by atoms with E-state index < -0.39 is 0 Å². The number of benzene rings is 1. The van der Waals surface area contributed by atoms with Crippen LogP contribution in [0.3, 0.4) is 0 Å². The van der Waals surface area contributed by atoms with E-state index in [0.717, 1.165) is 51.4 Å². The van der Waals surface area contributed by atoms with Gasteiger partial charge in [-0.05, 0) is 55.3 Å². The number of aryl methyl sites for hydroxylation is 1. The van der Waals surface area contributed by atoms with Crippen LogP contribution in [0.2, 0.25) is 0 Å². The van der Waals surface area contributed by atoms with Gasteiger partial charge in [0.15, 0.2) is 0 Å². The van der Waals surface area contributed by atoms with E-state index in [4.69, 9.17) is 0 Å². The maximum atomic E-state index is 12.4. The zero-order valence-electron chi connectivity index (χ0n) is 15.0. The second kappa shape index (κ2) is 9.07. The highest BCUT2D eigenvalue weighted by atomic mass is 16.2. The Kier molecular flexibility index (Phi) is 7.10. The van der Waals surface area contributed by atoms with E-state index in [0.29, 0.717) is 18.2 Å². The predicted octanol–water partition coefficient (Wildman–Crippen LogP) is 3.59. The number of nitrogens with zero attached hydrogens (tertiary/aromatic N) is 1. The molecule has 1 heterocycles. The number of carbonyl (C=O) groups excluding carboxylic acids is 1. The molecule has 2 rings (SSSR count). The fourth-order valence-electron chi connectivity index (χ4n) is 3.21. The molecule has 1 aromatic carbocycles. The summed E-state index contributed by atoms with van der Waals surface area (Å²) in [4.78, 5) is 14.4. The summed E-state index contributed by atoms with van der Waals surface area (Å²) in [5, 5.41) is 3.42. The van der Waals surface area contributed by atoms with E-state index in [1.807, 2.05) is 0 Å². The van der Waals surface area contributed by atoms with Gasteiger partial charge in [-0.15, -0.1) is 0 Å². The Balaban J connectivity index is 1.73. The van der Waals surface area contributed by atoms with Crippen molar-refractivity contribution in [3.63, 3.8) is 0 Å². The molecule has 0 aromatic heterocycles. The third-order valence-corrected chi connectivity index (χ3v) is 4.92. The molecule has 128 valence electrons. The summed E-state index contributed by atoms with van der Waals surface area (Å²) in [5.41, 5.74) is 2.63. The van der Waals surface area contributed by atoms with Crippen LogP contribution in [0, 0.1) is 5.92 Å². The van der Waals surface area contributed by atoms with Crippen LogP contribution < -0.4 is 5.32 Å². The molecule has 1 aliphatic heterocycles. The van der Waals surface area contributed by atoms with Crippen LogP contribution in [0.4, 0.5) is 0 Å². The number of piperidine rings is 1. The molecule has 1 fully saturated rings. The molecule has 23 heavy (non-hydrogen) atoms. The molecule has 0 spiro atoms. The zero-order valence-corrected chi connectivity index (χ0v) is 15.0. The van der Waals surface area contributed by atoms with Gasteiger partial charge < -0.3 is 10.2 Å². The Labute approximate surface area is 141 Å². The summed E-state index contributed by atoms with van der Waals surface area (Å²) in [7, 11) is 0. The Bertz CT molecular complexity index is 473. The number of carbonyl (C=O) groups is 1. The Morgan fingerprint density at radius 2 is 1.87 bits per heavy atom. The van der Waals surface area contributed by atoms with Crippen LogP contribution in [0.15, 0.2) is 24.3 Å². The summed E-state index contributed by atoms with van der Waals surface area (Å²) in [5.74, 6) is 1.62. The van der Waals surface area contributed by atoms with Gasteiger partial charge in [0.1, 0.15) is 0 Å². The molecule has 0 radical (unpaired) electrons. The molecule has 0 saturated carbocycles. The Morgan fingerprint density at radius 1 is 1.22 bits per heavy atom. The van der Waals surface area contributed by atoms with Crippen LogP contribution in [0.25, 0.3) is 0 Å². The van der Waals surface area contributed by atoms with Crippen molar-refractivity contribution < 1.29 is 4.79 Å². The summed E-state index contributed by atoms with van der Waals surface area (Å²) >= 11 is 0. The topological polar surface area (TPSA) is 32.3 Å². The lowest BCUT2D eigenvalue weighted by Gasteiger charge is -2.32. The fraction of sp³-hybridized carbons (Fsp3) is 0.650. The second-order valence-corrected chi connectivity index (χ2v) is 7.03. The summed E-state index contributed by atoms with van der Waals surface area (Å²) < 4.78 is 0. The highest BCUT2D eigenvalue weighted by molar-refractivity contribution is 5.76. The largest absolute Gasteiger partial charge is 0.343 e. The predicted molar refractivity (Wildman–Crippen MR) is 96.7 cm³/mol. The normalized spacial score (nSPS) is 16.1. The van der Waals surface area contributed by atoms with E-state index in [-0.39, 0.29) is 0 Å². The molecule has 0 unspecified atom stereocenters. The maximum Gasteiger partial charge on any atom is 0.222 e. The standard InChI is InChI=1S/C20H32N2O/c1-4-21-15-18-11-13-22(14-12-18)20(23)10-7-17-5-8-19(9-6-17)16(2)3/h5-6,8-9,16,18,21H,4,7,10-15H2,1-3H3. The minimum atomic E-state index is 0.319. The van der Waals surface area contributed by atoms with Crippen LogP contribution in [-0.2, 0) is 11.2 Å². The van der Waals surface area contributed by atoms with Gasteiger partial charge in [0.25, 0.3) is 0 Å². The highest BCUT2D eigenvalue weighted by Crippen LogP contribution is 2.19. The number of amides is 1. The molecule has 3 heteroatoms. The lowest BCUT2D eigenvalue weighted by atomic mass is 9.96. The molecule has 0 aliphatic carbocycles. The first-order chi connectivity index (χ1) is 11.1. The van der Waals surface area contributed by atoms with Crippen molar-refractivity contribution in [2.45, 2.75) is 52.4 Å². The molecule has 1 aliphatic rings. The molecule has 0 bridgehead atoms. The van der Waals surface area contributed by atoms with Gasteiger partial charge in [0.2, 0.25) is 5.91 Å². The van der Waals surface area contributed by atoms with Crippen molar-refractivity contribution >= 4 is 5.91 Å². The molecule has 1 aromatic rings. The summed E-state index contributed by atoms with van der Waals surface area (Å²) in [6, 6.07) is 8.73. The van der Waals surface area contributed by atoms with Gasteiger partial charge >= 0.3 is 0 Å². The minimum absolute atomic E-state index is 0.319. The van der Waals surface area contributed by atoms with Gasteiger partial charge in [-0.2, -0.15) is 0 Å². The highest BCUT2D eigenvalue weighted by Gasteiger charge is 2.22. The summed E-state index contributed by atoms with van der Waals surface area (Å²) in [6.45, 7) is 10.6. The molecular weight excluding hydrogens is 284 g/mol. The third kappa shape index (κ3) is 5.65. The number of hydrogen-bond acceptors (Lipinski definition) is 2. The monoisotopic (exact) mass is 316 g/mol. The SMILES string of the molecule is CCNCC1CCN(C(=O)CCc2ccc(C(C)C)cc2)CC1. The van der Waals surface area contributed by atoms with Crippen molar-refractivity contribution in [3.05, 3.63) is 35.4 Å². The third-order valence-electron chi connectivity index (χ3n) is 4.92. The van der Waals surface area contributed by atoms with Crippen LogP contribution in [0.5, 0.6) is 0 Å². The number of hydrogen-bond donors (Lipinski definition) is 1. The average molecular weight is 316 g/mol. The number of rotatable bonds is 7. The minimum Gasteiger partial charge on any atom is -0.343 e. The summed E-state index contributed by atoms with van der Waals surface area (Å²) in [6.07, 6.45) is 3.77. The van der Waals surface area contributed by atoms with Gasteiger partial charge in [0.05, 0.1) is 0 Å². The van der Waals surface area contributed by atoms with Crippen molar-refractivity contribution in [1.29, 1.82) is 0 Å². The van der Waals surface area contributed by atoms with Gasteiger partial charge in [-0.25, -0.2) is 0 Å². The van der Waals surface area contributed by atoms with Crippen LogP contribution in [0.1, 0.15) is 57.1 Å². The Hall–Kier alpha value is -1.35. The lowest BCUT2D eigenvalue weighted by molar-refractivity contribution is -0.132. The van der Waals surface area contributed by atoms with Crippen molar-refractivity contribution in [3.8, 4) is 0 Å². The number of likely N-dealkylation sites (tertiary alicyclic amines) is 1. The van der Waals surface area contributed by atoms with Crippen LogP contribution >= 0.6 is 0 Å². The quantitative estimate of drug-likeness (QED) is 0.834. The van der Waals surface area contributed by atoms with E-state index >= 15 is 0 Å². The van der Waals surface area contributed by atoms with Gasteiger partial charge in [-0.1, -0.05) is 45.0 Å². The molecular formula is C20H32N2O. The second-order valence-electron chi connectivity index (χ2n) is 7.03. The van der Waals surface area contributed by atoms with Crippen molar-refractivity contribution in [2.24, 2.45) is 5.92 Å². The van der Waals surface area contributed by atoms with Crippen molar-refractivity contribution in [2.75, 3.05) is 26.2 Å². The Morgan fingerprint density at radius 3 is 2.43 bits per heavy atom. The first kappa shape index (κ1) is 18.0. The average Bonchev–Trinajstić information content (AvgIpc) is 2.58. The smallest absolute Gasteiger partial charge is 0.222 e. The van der Waals surface area contributed by atoms with Gasteiger partial charge in [-0.3, -0.25) is 4.79 Å². The van der Waals surface area contributed by atoms with E-state index in [9.17, 15) is 4.79 Å². The fourth-order valence-corrected chi connectivity index (χ4v) is 3.21. The molecule has 1 amide bonds. The van der Waals surface area contributed by atoms with E-state index in [1.54, 1.807) is 0 Å². The molecule has 1 N–H and O–H groups in total. The van der Waals surface area contributed by atoms with Gasteiger partial charge in [0, 0.05) is 19.5 Å². The number of nitrogens with one attached hydrogen (secondary N) is 1. The maximum absolute atomic E-state index is 12.4. The first-order valence-corrected chi connectivity index (χ1v) is 9.17.